The Hall–Kier alpha value is -1.99. The van der Waals surface area contributed by atoms with Gasteiger partial charge in [-0.05, 0) is 31.7 Å². The minimum absolute atomic E-state index is 0.0548. The van der Waals surface area contributed by atoms with Crippen LogP contribution in [0, 0.1) is 0 Å². The number of H-pyrrole nitrogens is 1. The number of benzene rings is 1. The highest BCUT2D eigenvalue weighted by atomic mass is 32.2. The zero-order valence-corrected chi connectivity index (χ0v) is 17.7. The summed E-state index contributed by atoms with van der Waals surface area (Å²) < 4.78 is 5.87. The summed E-state index contributed by atoms with van der Waals surface area (Å²) in [6.07, 6.45) is 6.04. The number of hydrogen-bond donors (Lipinski definition) is 1. The predicted octanol–water partition coefficient (Wildman–Crippen LogP) is 3.49. The molecule has 0 saturated carbocycles. The first-order chi connectivity index (χ1) is 14.2. The molecular formula is C22H29N3O3S. The summed E-state index contributed by atoms with van der Waals surface area (Å²) in [5, 5.41) is 0.904. The van der Waals surface area contributed by atoms with Gasteiger partial charge < -0.3 is 19.5 Å². The van der Waals surface area contributed by atoms with Crippen LogP contribution in [0.2, 0.25) is 0 Å². The summed E-state index contributed by atoms with van der Waals surface area (Å²) in [5.74, 6) is 1.18. The fourth-order valence-corrected chi connectivity index (χ4v) is 5.36. The van der Waals surface area contributed by atoms with Gasteiger partial charge in [0.2, 0.25) is 5.91 Å². The molecule has 6 nitrogen and oxygen atoms in total. The number of fused-ring (bicyclic) bond motifs is 1. The quantitative estimate of drug-likeness (QED) is 0.784. The van der Waals surface area contributed by atoms with Crippen LogP contribution in [0.5, 0.6) is 0 Å². The van der Waals surface area contributed by atoms with Crippen LogP contribution in [0.1, 0.15) is 43.0 Å². The summed E-state index contributed by atoms with van der Waals surface area (Å²) in [7, 11) is 0. The molecule has 2 aliphatic heterocycles. The Balaban J connectivity index is 1.51. The number of thioether (sulfide) groups is 1. The van der Waals surface area contributed by atoms with Gasteiger partial charge in [0.25, 0.3) is 5.91 Å². The van der Waals surface area contributed by atoms with E-state index in [0.29, 0.717) is 30.3 Å². The fraction of sp³-hybridized carbons (Fsp3) is 0.545. The molecule has 2 aromatic rings. The van der Waals surface area contributed by atoms with Gasteiger partial charge in [-0.15, -0.1) is 11.8 Å². The van der Waals surface area contributed by atoms with Crippen molar-refractivity contribution in [3.63, 3.8) is 0 Å². The van der Waals surface area contributed by atoms with Crippen LogP contribution in [-0.4, -0.2) is 70.1 Å². The molecule has 156 valence electrons. The zero-order chi connectivity index (χ0) is 20.2. The Labute approximate surface area is 175 Å². The van der Waals surface area contributed by atoms with E-state index in [9.17, 15) is 9.59 Å². The Kier molecular flexibility index (Phi) is 6.45. The number of hydrogen-bond acceptors (Lipinski definition) is 4. The predicted molar refractivity (Wildman–Crippen MR) is 116 cm³/mol. The number of amides is 2. The SMILES string of the molecule is CCCN(CC1CCCCO1)C(=O)C1CSCN1C(=O)c1c[nH]c2ccccc12. The van der Waals surface area contributed by atoms with Crippen molar-refractivity contribution in [3.05, 3.63) is 36.0 Å². The lowest BCUT2D eigenvalue weighted by Crippen LogP contribution is -2.51. The van der Waals surface area contributed by atoms with Crippen LogP contribution in [-0.2, 0) is 9.53 Å². The lowest BCUT2D eigenvalue weighted by atomic mass is 10.1. The molecule has 29 heavy (non-hydrogen) atoms. The highest BCUT2D eigenvalue weighted by Crippen LogP contribution is 2.28. The molecule has 2 aliphatic rings. The van der Waals surface area contributed by atoms with E-state index >= 15 is 0 Å². The topological polar surface area (TPSA) is 65.6 Å². The highest BCUT2D eigenvalue weighted by molar-refractivity contribution is 7.99. The van der Waals surface area contributed by atoms with Crippen molar-refractivity contribution >= 4 is 34.5 Å². The van der Waals surface area contributed by atoms with Crippen molar-refractivity contribution in [2.24, 2.45) is 0 Å². The average Bonchev–Trinajstić information content (AvgIpc) is 3.41. The van der Waals surface area contributed by atoms with Crippen molar-refractivity contribution in [3.8, 4) is 0 Å². The molecule has 2 atom stereocenters. The van der Waals surface area contributed by atoms with Gasteiger partial charge in [0, 0.05) is 42.5 Å². The van der Waals surface area contributed by atoms with Crippen molar-refractivity contribution in [1.82, 2.24) is 14.8 Å². The number of rotatable bonds is 6. The molecule has 2 amide bonds. The minimum Gasteiger partial charge on any atom is -0.376 e. The van der Waals surface area contributed by atoms with Crippen LogP contribution < -0.4 is 0 Å². The molecule has 0 bridgehead atoms. The summed E-state index contributed by atoms with van der Waals surface area (Å²) >= 11 is 1.65. The van der Waals surface area contributed by atoms with Crippen LogP contribution in [0.4, 0.5) is 0 Å². The molecule has 0 spiro atoms. The number of nitrogens with one attached hydrogen (secondary N) is 1. The van der Waals surface area contributed by atoms with Crippen LogP contribution in [0.15, 0.2) is 30.5 Å². The molecule has 3 heterocycles. The smallest absolute Gasteiger partial charge is 0.257 e. The van der Waals surface area contributed by atoms with Gasteiger partial charge in [-0.2, -0.15) is 0 Å². The van der Waals surface area contributed by atoms with Crippen molar-refractivity contribution < 1.29 is 14.3 Å². The maximum atomic E-state index is 13.4. The van der Waals surface area contributed by atoms with E-state index in [4.69, 9.17) is 4.74 Å². The summed E-state index contributed by atoms with van der Waals surface area (Å²) in [5.41, 5.74) is 1.58. The van der Waals surface area contributed by atoms with Crippen molar-refractivity contribution in [1.29, 1.82) is 0 Å². The zero-order valence-electron chi connectivity index (χ0n) is 16.9. The van der Waals surface area contributed by atoms with Crippen LogP contribution in [0.25, 0.3) is 10.9 Å². The van der Waals surface area contributed by atoms with E-state index in [-0.39, 0.29) is 17.9 Å². The molecule has 2 saturated heterocycles. The van der Waals surface area contributed by atoms with Crippen LogP contribution in [0.3, 0.4) is 0 Å². The van der Waals surface area contributed by atoms with E-state index in [2.05, 4.69) is 11.9 Å². The second kappa shape index (κ2) is 9.22. The Bertz CT molecular complexity index is 862. The average molecular weight is 416 g/mol. The molecule has 0 aliphatic carbocycles. The molecule has 2 fully saturated rings. The second-order valence-corrected chi connectivity index (χ2v) is 8.81. The molecule has 1 aromatic heterocycles. The number of carbonyl (C=O) groups is 2. The summed E-state index contributed by atoms with van der Waals surface area (Å²) in [6.45, 7) is 4.20. The normalized spacial score (nSPS) is 22.2. The first kappa shape index (κ1) is 20.3. The largest absolute Gasteiger partial charge is 0.376 e. The van der Waals surface area contributed by atoms with Gasteiger partial charge in [-0.25, -0.2) is 0 Å². The summed E-state index contributed by atoms with van der Waals surface area (Å²) in [4.78, 5) is 33.5. The number of aromatic nitrogens is 1. The molecule has 4 rings (SSSR count). The number of aromatic amines is 1. The number of para-hydroxylation sites is 1. The Morgan fingerprint density at radius 1 is 1.31 bits per heavy atom. The first-order valence-corrected chi connectivity index (χ1v) is 11.7. The third-order valence-electron chi connectivity index (χ3n) is 5.75. The number of ether oxygens (including phenoxy) is 1. The molecule has 1 N–H and O–H groups in total. The van der Waals surface area contributed by atoms with Gasteiger partial charge in [0.05, 0.1) is 17.5 Å². The Morgan fingerprint density at radius 3 is 2.97 bits per heavy atom. The van der Waals surface area contributed by atoms with E-state index < -0.39 is 6.04 Å². The molecule has 1 aromatic carbocycles. The third kappa shape index (κ3) is 4.31. The molecular weight excluding hydrogens is 386 g/mol. The maximum absolute atomic E-state index is 13.4. The lowest BCUT2D eigenvalue weighted by Gasteiger charge is -2.33. The van der Waals surface area contributed by atoms with Crippen LogP contribution >= 0.6 is 11.8 Å². The van der Waals surface area contributed by atoms with E-state index in [1.54, 1.807) is 22.9 Å². The molecule has 7 heteroatoms. The van der Waals surface area contributed by atoms with Gasteiger partial charge in [-0.1, -0.05) is 25.1 Å². The Morgan fingerprint density at radius 2 is 2.17 bits per heavy atom. The van der Waals surface area contributed by atoms with Gasteiger partial charge >= 0.3 is 0 Å². The standard InChI is InChI=1S/C22H29N3O3S/c1-2-10-24(13-16-7-5-6-11-28-16)22(27)20-14-29-15-25(20)21(26)18-12-23-19-9-4-3-8-17(18)19/h3-4,8-9,12,16,20,23H,2,5-7,10-11,13-15H2,1H3. The van der Waals surface area contributed by atoms with E-state index in [1.807, 2.05) is 29.2 Å². The van der Waals surface area contributed by atoms with Gasteiger partial charge in [0.15, 0.2) is 0 Å². The summed E-state index contributed by atoms with van der Waals surface area (Å²) in [6, 6.07) is 7.38. The number of nitrogens with zero attached hydrogens (tertiary/aromatic N) is 2. The van der Waals surface area contributed by atoms with Crippen molar-refractivity contribution in [2.75, 3.05) is 31.3 Å². The van der Waals surface area contributed by atoms with Crippen molar-refractivity contribution in [2.45, 2.75) is 44.8 Å². The third-order valence-corrected chi connectivity index (χ3v) is 6.76. The first-order valence-electron chi connectivity index (χ1n) is 10.5. The maximum Gasteiger partial charge on any atom is 0.257 e. The van der Waals surface area contributed by atoms with Gasteiger partial charge in [-0.3, -0.25) is 9.59 Å². The molecule has 0 radical (unpaired) electrons. The van der Waals surface area contributed by atoms with Gasteiger partial charge in [0.1, 0.15) is 6.04 Å². The fourth-order valence-electron chi connectivity index (χ4n) is 4.22. The monoisotopic (exact) mass is 415 g/mol. The second-order valence-electron chi connectivity index (χ2n) is 7.81. The molecule has 2 unspecified atom stereocenters. The number of carbonyl (C=O) groups excluding carboxylic acids is 2. The highest BCUT2D eigenvalue weighted by Gasteiger charge is 2.38. The lowest BCUT2D eigenvalue weighted by molar-refractivity contribution is -0.137. The van der Waals surface area contributed by atoms with E-state index in [1.165, 1.54) is 0 Å². The minimum atomic E-state index is -0.406. The van der Waals surface area contributed by atoms with E-state index in [0.717, 1.165) is 43.2 Å².